The molecule has 0 aliphatic heterocycles. The molecule has 0 aliphatic carbocycles. The first kappa shape index (κ1) is 18.2. The summed E-state index contributed by atoms with van der Waals surface area (Å²) in [7, 11) is 0. The van der Waals surface area contributed by atoms with E-state index in [9.17, 15) is 4.79 Å². The predicted octanol–water partition coefficient (Wildman–Crippen LogP) is 3.36. The molecule has 0 spiro atoms. The van der Waals surface area contributed by atoms with E-state index in [0.29, 0.717) is 25.5 Å². The molecule has 1 N–H and O–H groups in total. The van der Waals surface area contributed by atoms with Crippen molar-refractivity contribution in [3.63, 3.8) is 0 Å². The van der Waals surface area contributed by atoms with Crippen LogP contribution in [0.5, 0.6) is 0 Å². The molecule has 1 amide bonds. The molecule has 0 aliphatic rings. The highest BCUT2D eigenvalue weighted by Gasteiger charge is 2.22. The van der Waals surface area contributed by atoms with Crippen molar-refractivity contribution in [1.29, 1.82) is 0 Å². The van der Waals surface area contributed by atoms with Crippen molar-refractivity contribution in [1.82, 2.24) is 10.5 Å². The molecular formula is C19H26N2O3. The number of nitrogens with one attached hydrogen (secondary N) is 1. The van der Waals surface area contributed by atoms with Crippen molar-refractivity contribution in [3.8, 4) is 0 Å². The van der Waals surface area contributed by atoms with E-state index in [1.54, 1.807) is 0 Å². The molecule has 1 aromatic heterocycles. The van der Waals surface area contributed by atoms with Gasteiger partial charge in [-0.25, -0.2) is 0 Å². The van der Waals surface area contributed by atoms with E-state index in [0.717, 1.165) is 16.8 Å². The number of amides is 1. The quantitative estimate of drug-likeness (QED) is 0.806. The number of rotatable bonds is 8. The van der Waals surface area contributed by atoms with E-state index in [4.69, 9.17) is 9.26 Å². The lowest BCUT2D eigenvalue weighted by Gasteiger charge is -2.16. The van der Waals surface area contributed by atoms with Crippen LogP contribution in [0, 0.1) is 19.8 Å². The topological polar surface area (TPSA) is 64.4 Å². The van der Waals surface area contributed by atoms with Crippen LogP contribution in [-0.4, -0.2) is 24.2 Å². The number of hydrogen-bond donors (Lipinski definition) is 1. The highest BCUT2D eigenvalue weighted by molar-refractivity contribution is 5.83. The second kappa shape index (κ2) is 8.64. The predicted molar refractivity (Wildman–Crippen MR) is 92.7 cm³/mol. The fraction of sp³-hybridized carbons (Fsp3) is 0.474. The number of ether oxygens (including phenoxy) is 1. The molecule has 1 aromatic carbocycles. The summed E-state index contributed by atoms with van der Waals surface area (Å²) in [5.74, 6) is 0.664. The zero-order valence-corrected chi connectivity index (χ0v) is 14.8. The minimum atomic E-state index is -0.270. The van der Waals surface area contributed by atoms with Crippen molar-refractivity contribution < 1.29 is 14.1 Å². The lowest BCUT2D eigenvalue weighted by atomic mass is 9.98. The SMILES string of the molecule is Cc1noc(C)c1[C@H](C)C(=O)NC[C@H](C)COCc1ccccc1. The molecule has 130 valence electrons. The maximum absolute atomic E-state index is 12.3. The summed E-state index contributed by atoms with van der Waals surface area (Å²) < 4.78 is 10.8. The van der Waals surface area contributed by atoms with Gasteiger partial charge in [0, 0.05) is 12.1 Å². The maximum atomic E-state index is 12.3. The first-order valence-electron chi connectivity index (χ1n) is 8.31. The first-order valence-corrected chi connectivity index (χ1v) is 8.31. The van der Waals surface area contributed by atoms with Crippen molar-refractivity contribution in [2.75, 3.05) is 13.2 Å². The van der Waals surface area contributed by atoms with Crippen molar-refractivity contribution in [3.05, 3.63) is 52.9 Å². The summed E-state index contributed by atoms with van der Waals surface area (Å²) in [5, 5.41) is 6.89. The monoisotopic (exact) mass is 330 g/mol. The van der Waals surface area contributed by atoms with Crippen LogP contribution in [-0.2, 0) is 16.1 Å². The van der Waals surface area contributed by atoms with Gasteiger partial charge in [0.15, 0.2) is 0 Å². The Bertz CT molecular complexity index is 632. The lowest BCUT2D eigenvalue weighted by molar-refractivity contribution is -0.122. The Balaban J connectivity index is 1.73. The van der Waals surface area contributed by atoms with E-state index >= 15 is 0 Å². The van der Waals surface area contributed by atoms with Gasteiger partial charge in [-0.1, -0.05) is 42.4 Å². The van der Waals surface area contributed by atoms with Gasteiger partial charge >= 0.3 is 0 Å². The second-order valence-electron chi connectivity index (χ2n) is 6.31. The summed E-state index contributed by atoms with van der Waals surface area (Å²) in [5.41, 5.74) is 2.80. The number of carbonyl (C=O) groups excluding carboxylic acids is 1. The molecule has 5 nitrogen and oxygen atoms in total. The minimum absolute atomic E-state index is 0.0145. The van der Waals surface area contributed by atoms with Gasteiger partial charge in [0.25, 0.3) is 0 Å². The molecular weight excluding hydrogens is 304 g/mol. The van der Waals surface area contributed by atoms with Gasteiger partial charge in [-0.3, -0.25) is 4.79 Å². The number of hydrogen-bond acceptors (Lipinski definition) is 4. The van der Waals surface area contributed by atoms with E-state index in [-0.39, 0.29) is 17.7 Å². The third-order valence-electron chi connectivity index (χ3n) is 4.05. The number of benzene rings is 1. The molecule has 0 saturated heterocycles. The smallest absolute Gasteiger partial charge is 0.227 e. The fourth-order valence-electron chi connectivity index (χ4n) is 2.68. The van der Waals surface area contributed by atoms with Crippen LogP contribution in [0.3, 0.4) is 0 Å². The minimum Gasteiger partial charge on any atom is -0.376 e. The van der Waals surface area contributed by atoms with Crippen LogP contribution in [0.1, 0.15) is 42.3 Å². The summed E-state index contributed by atoms with van der Waals surface area (Å²) in [4.78, 5) is 12.3. The summed E-state index contributed by atoms with van der Waals surface area (Å²) in [6.45, 7) is 9.41. The average molecular weight is 330 g/mol. The van der Waals surface area contributed by atoms with Gasteiger partial charge < -0.3 is 14.6 Å². The number of aryl methyl sites for hydroxylation is 2. The second-order valence-corrected chi connectivity index (χ2v) is 6.31. The van der Waals surface area contributed by atoms with Gasteiger partial charge in [-0.15, -0.1) is 0 Å². The molecule has 0 bridgehead atoms. The Morgan fingerprint density at radius 2 is 1.96 bits per heavy atom. The van der Waals surface area contributed by atoms with Crippen molar-refractivity contribution in [2.45, 2.75) is 40.2 Å². The van der Waals surface area contributed by atoms with Gasteiger partial charge in [-0.05, 0) is 32.3 Å². The van der Waals surface area contributed by atoms with Gasteiger partial charge in [0.05, 0.1) is 24.8 Å². The van der Waals surface area contributed by atoms with Gasteiger partial charge in [0.2, 0.25) is 5.91 Å². The lowest BCUT2D eigenvalue weighted by Crippen LogP contribution is -2.33. The molecule has 0 saturated carbocycles. The Labute approximate surface area is 143 Å². The van der Waals surface area contributed by atoms with Gasteiger partial charge in [0.1, 0.15) is 5.76 Å². The molecule has 0 fully saturated rings. The van der Waals surface area contributed by atoms with E-state index in [2.05, 4.69) is 17.4 Å². The van der Waals surface area contributed by atoms with Crippen LogP contribution in [0.25, 0.3) is 0 Å². The van der Waals surface area contributed by atoms with Crippen LogP contribution in [0.2, 0.25) is 0 Å². The molecule has 24 heavy (non-hydrogen) atoms. The Kier molecular flexibility index (Phi) is 6.55. The number of nitrogens with zero attached hydrogens (tertiary/aromatic N) is 1. The fourth-order valence-corrected chi connectivity index (χ4v) is 2.68. The third-order valence-corrected chi connectivity index (χ3v) is 4.05. The summed E-state index contributed by atoms with van der Waals surface area (Å²) in [6.07, 6.45) is 0. The highest BCUT2D eigenvalue weighted by Crippen LogP contribution is 2.23. The molecule has 0 radical (unpaired) electrons. The molecule has 2 rings (SSSR count). The maximum Gasteiger partial charge on any atom is 0.227 e. The average Bonchev–Trinajstić information content (AvgIpc) is 2.91. The molecule has 1 heterocycles. The molecule has 2 aromatic rings. The normalized spacial score (nSPS) is 13.5. The van der Waals surface area contributed by atoms with Crippen LogP contribution >= 0.6 is 0 Å². The van der Waals surface area contributed by atoms with Crippen LogP contribution in [0.15, 0.2) is 34.9 Å². The Hall–Kier alpha value is -2.14. The van der Waals surface area contributed by atoms with E-state index in [1.807, 2.05) is 51.1 Å². The molecule has 0 unspecified atom stereocenters. The summed E-state index contributed by atoms with van der Waals surface area (Å²) >= 11 is 0. The zero-order chi connectivity index (χ0) is 17.5. The highest BCUT2D eigenvalue weighted by atomic mass is 16.5. The van der Waals surface area contributed by atoms with E-state index in [1.165, 1.54) is 0 Å². The zero-order valence-electron chi connectivity index (χ0n) is 14.8. The number of aromatic nitrogens is 1. The number of carbonyl (C=O) groups is 1. The third kappa shape index (κ3) is 4.93. The molecule has 2 atom stereocenters. The Morgan fingerprint density at radius 3 is 2.58 bits per heavy atom. The van der Waals surface area contributed by atoms with Gasteiger partial charge in [-0.2, -0.15) is 0 Å². The van der Waals surface area contributed by atoms with Crippen molar-refractivity contribution >= 4 is 5.91 Å². The molecule has 5 heteroatoms. The van der Waals surface area contributed by atoms with Crippen molar-refractivity contribution in [2.24, 2.45) is 5.92 Å². The first-order chi connectivity index (χ1) is 11.5. The van der Waals surface area contributed by atoms with E-state index < -0.39 is 0 Å². The standard InChI is InChI=1S/C19H26N2O3/c1-13(11-23-12-17-8-6-5-7-9-17)10-20-19(22)14(2)18-15(3)21-24-16(18)4/h5-9,13-14H,10-12H2,1-4H3,(H,20,22)/t13-,14-/m0/s1. The summed E-state index contributed by atoms with van der Waals surface area (Å²) in [6, 6.07) is 10.1. The van der Waals surface area contributed by atoms with Crippen LogP contribution in [0.4, 0.5) is 0 Å². The largest absolute Gasteiger partial charge is 0.376 e. The Morgan fingerprint density at radius 1 is 1.25 bits per heavy atom. The van der Waals surface area contributed by atoms with Crippen LogP contribution < -0.4 is 5.32 Å².